The first-order chi connectivity index (χ1) is 16.5. The van der Waals surface area contributed by atoms with Crippen molar-refractivity contribution in [3.63, 3.8) is 0 Å². The molecule has 3 amide bonds. The van der Waals surface area contributed by atoms with Crippen LogP contribution < -0.4 is 20.9 Å². The smallest absolute Gasteiger partial charge is 0.258 e. The predicted octanol–water partition coefficient (Wildman–Crippen LogP) is 3.39. The minimum Gasteiger partial charge on any atom is -0.383 e. The summed E-state index contributed by atoms with van der Waals surface area (Å²) in [7, 11) is 3.30. The number of anilines is 3. The second-order valence-corrected chi connectivity index (χ2v) is 7.50. The number of rotatable bonds is 10. The highest BCUT2D eigenvalue weighted by Crippen LogP contribution is 2.17. The fourth-order valence-corrected chi connectivity index (χ4v) is 3.15. The van der Waals surface area contributed by atoms with E-state index in [1.807, 2.05) is 30.3 Å². The fraction of sp³-hybridized carbons (Fsp3) is 0.192. The molecule has 8 nitrogen and oxygen atoms in total. The van der Waals surface area contributed by atoms with Crippen molar-refractivity contribution in [1.29, 1.82) is 0 Å². The van der Waals surface area contributed by atoms with E-state index in [9.17, 15) is 14.4 Å². The lowest BCUT2D eigenvalue weighted by Crippen LogP contribution is -2.27. The second kappa shape index (κ2) is 12.2. The van der Waals surface area contributed by atoms with E-state index in [0.29, 0.717) is 30.0 Å². The molecule has 0 atom stereocenters. The van der Waals surface area contributed by atoms with Gasteiger partial charge in [0, 0.05) is 48.9 Å². The van der Waals surface area contributed by atoms with Crippen molar-refractivity contribution in [2.24, 2.45) is 0 Å². The molecule has 3 N–H and O–H groups in total. The van der Waals surface area contributed by atoms with Crippen molar-refractivity contribution in [3.8, 4) is 0 Å². The van der Waals surface area contributed by atoms with Crippen LogP contribution >= 0.6 is 0 Å². The molecule has 0 saturated heterocycles. The number of nitrogens with one attached hydrogen (secondary N) is 3. The lowest BCUT2D eigenvalue weighted by molar-refractivity contribution is -0.114. The number of carbonyl (C=O) groups excluding carboxylic acids is 3. The van der Waals surface area contributed by atoms with E-state index >= 15 is 0 Å². The van der Waals surface area contributed by atoms with E-state index in [0.717, 1.165) is 11.4 Å². The Morgan fingerprint density at radius 1 is 0.824 bits per heavy atom. The zero-order chi connectivity index (χ0) is 24.3. The molecule has 0 saturated carbocycles. The SMILES string of the molecule is COCCNC(=O)c1ccc(NC(=O)CNc2ccc(C(=O)N(C)c3ccccc3)cc2)cc1. The Labute approximate surface area is 198 Å². The molecule has 0 aromatic heterocycles. The summed E-state index contributed by atoms with van der Waals surface area (Å²) >= 11 is 0. The largest absolute Gasteiger partial charge is 0.383 e. The third-order valence-electron chi connectivity index (χ3n) is 5.06. The van der Waals surface area contributed by atoms with Crippen LogP contribution in [0.5, 0.6) is 0 Å². The number of carbonyl (C=O) groups is 3. The summed E-state index contributed by atoms with van der Waals surface area (Å²) in [6.45, 7) is 0.922. The standard InChI is InChI=1S/C26H28N4O4/c1-30(23-6-4-3-5-7-23)26(33)20-10-12-21(13-11-20)28-18-24(31)29-22-14-8-19(9-15-22)25(32)27-16-17-34-2/h3-15,28H,16-18H2,1-2H3,(H,27,32)(H,29,31). The minimum atomic E-state index is -0.235. The van der Waals surface area contributed by atoms with Crippen molar-refractivity contribution in [2.75, 3.05) is 49.4 Å². The molecule has 0 bridgehead atoms. The summed E-state index contributed by atoms with van der Waals surface area (Å²) in [6.07, 6.45) is 0. The number of ether oxygens (including phenoxy) is 1. The molecule has 0 aliphatic heterocycles. The van der Waals surface area contributed by atoms with Crippen molar-refractivity contribution in [1.82, 2.24) is 5.32 Å². The quantitative estimate of drug-likeness (QED) is 0.403. The van der Waals surface area contributed by atoms with Gasteiger partial charge in [0.05, 0.1) is 13.2 Å². The average Bonchev–Trinajstić information content (AvgIpc) is 2.88. The van der Waals surface area contributed by atoms with Gasteiger partial charge < -0.3 is 25.6 Å². The number of para-hydroxylation sites is 1. The first-order valence-electron chi connectivity index (χ1n) is 10.8. The Balaban J connectivity index is 1.47. The zero-order valence-corrected chi connectivity index (χ0v) is 19.2. The number of nitrogens with zero attached hydrogens (tertiary/aromatic N) is 1. The number of methoxy groups -OCH3 is 1. The molecular formula is C26H28N4O4. The van der Waals surface area contributed by atoms with Gasteiger partial charge in [-0.15, -0.1) is 0 Å². The maximum absolute atomic E-state index is 12.7. The molecule has 0 heterocycles. The van der Waals surface area contributed by atoms with Crippen molar-refractivity contribution in [3.05, 3.63) is 90.0 Å². The third kappa shape index (κ3) is 6.91. The Hall–Kier alpha value is -4.17. The molecule has 0 radical (unpaired) electrons. The highest BCUT2D eigenvalue weighted by molar-refractivity contribution is 6.06. The molecule has 3 aromatic carbocycles. The summed E-state index contributed by atoms with van der Waals surface area (Å²) in [5.74, 6) is -0.555. The molecule has 3 rings (SSSR count). The van der Waals surface area contributed by atoms with Crippen LogP contribution in [0.25, 0.3) is 0 Å². The van der Waals surface area contributed by atoms with Crippen LogP contribution in [-0.4, -0.2) is 51.6 Å². The summed E-state index contributed by atoms with van der Waals surface area (Å²) in [5.41, 5.74) is 3.17. The molecule has 8 heteroatoms. The van der Waals surface area contributed by atoms with Crippen molar-refractivity contribution >= 4 is 34.8 Å². The normalized spacial score (nSPS) is 10.3. The second-order valence-electron chi connectivity index (χ2n) is 7.50. The molecule has 0 fully saturated rings. The first-order valence-corrected chi connectivity index (χ1v) is 10.8. The maximum atomic E-state index is 12.7. The maximum Gasteiger partial charge on any atom is 0.258 e. The molecule has 34 heavy (non-hydrogen) atoms. The average molecular weight is 461 g/mol. The van der Waals surface area contributed by atoms with E-state index in [2.05, 4.69) is 16.0 Å². The van der Waals surface area contributed by atoms with Gasteiger partial charge in [-0.25, -0.2) is 0 Å². The first kappa shape index (κ1) is 24.5. The van der Waals surface area contributed by atoms with Crippen molar-refractivity contribution in [2.45, 2.75) is 0 Å². The summed E-state index contributed by atoms with van der Waals surface area (Å²) in [4.78, 5) is 38.5. The van der Waals surface area contributed by atoms with Gasteiger partial charge in [-0.05, 0) is 60.7 Å². The van der Waals surface area contributed by atoms with Gasteiger partial charge in [0.25, 0.3) is 11.8 Å². The van der Waals surface area contributed by atoms with Crippen LogP contribution in [-0.2, 0) is 9.53 Å². The topological polar surface area (TPSA) is 99.8 Å². The van der Waals surface area contributed by atoms with Crippen LogP contribution in [0.1, 0.15) is 20.7 Å². The Morgan fingerprint density at radius 3 is 2.09 bits per heavy atom. The van der Waals surface area contributed by atoms with Gasteiger partial charge >= 0.3 is 0 Å². The zero-order valence-electron chi connectivity index (χ0n) is 19.2. The molecule has 0 aliphatic rings. The molecule has 0 aliphatic carbocycles. The van der Waals surface area contributed by atoms with E-state index in [4.69, 9.17) is 4.74 Å². The Morgan fingerprint density at radius 2 is 1.44 bits per heavy atom. The lowest BCUT2D eigenvalue weighted by atomic mass is 10.1. The van der Waals surface area contributed by atoms with Gasteiger partial charge in [-0.3, -0.25) is 14.4 Å². The fourth-order valence-electron chi connectivity index (χ4n) is 3.15. The van der Waals surface area contributed by atoms with Crippen molar-refractivity contribution < 1.29 is 19.1 Å². The van der Waals surface area contributed by atoms with E-state index < -0.39 is 0 Å². The number of amides is 3. The summed E-state index contributed by atoms with van der Waals surface area (Å²) in [6, 6.07) is 23.0. The third-order valence-corrected chi connectivity index (χ3v) is 5.06. The van der Waals surface area contributed by atoms with Gasteiger partial charge in [-0.1, -0.05) is 18.2 Å². The van der Waals surface area contributed by atoms with Gasteiger partial charge in [0.2, 0.25) is 5.91 Å². The van der Waals surface area contributed by atoms with Gasteiger partial charge in [0.15, 0.2) is 0 Å². The van der Waals surface area contributed by atoms with Crippen LogP contribution in [0.3, 0.4) is 0 Å². The van der Waals surface area contributed by atoms with Crippen LogP contribution in [0, 0.1) is 0 Å². The van der Waals surface area contributed by atoms with E-state index in [1.165, 1.54) is 0 Å². The van der Waals surface area contributed by atoms with Crippen LogP contribution in [0.15, 0.2) is 78.9 Å². The minimum absolute atomic E-state index is 0.0521. The Bertz CT molecular complexity index is 1100. The van der Waals surface area contributed by atoms with Crippen LogP contribution in [0.4, 0.5) is 17.1 Å². The molecule has 176 valence electrons. The summed E-state index contributed by atoms with van der Waals surface area (Å²) in [5, 5.41) is 8.56. The number of hydrogen-bond donors (Lipinski definition) is 3. The highest BCUT2D eigenvalue weighted by atomic mass is 16.5. The molecular weight excluding hydrogens is 432 g/mol. The Kier molecular flexibility index (Phi) is 8.76. The highest BCUT2D eigenvalue weighted by Gasteiger charge is 2.13. The predicted molar refractivity (Wildman–Crippen MR) is 133 cm³/mol. The molecule has 0 spiro atoms. The lowest BCUT2D eigenvalue weighted by Gasteiger charge is -2.17. The number of benzene rings is 3. The summed E-state index contributed by atoms with van der Waals surface area (Å²) < 4.78 is 4.90. The van der Waals surface area contributed by atoms with Crippen LogP contribution in [0.2, 0.25) is 0 Å². The number of hydrogen-bond acceptors (Lipinski definition) is 5. The molecule has 0 unspecified atom stereocenters. The van der Waals surface area contributed by atoms with Gasteiger partial charge in [0.1, 0.15) is 0 Å². The monoisotopic (exact) mass is 460 g/mol. The van der Waals surface area contributed by atoms with E-state index in [-0.39, 0.29) is 24.3 Å². The van der Waals surface area contributed by atoms with Gasteiger partial charge in [-0.2, -0.15) is 0 Å². The molecule has 3 aromatic rings. The van der Waals surface area contributed by atoms with E-state index in [1.54, 1.807) is 67.6 Å².